The van der Waals surface area contributed by atoms with Crippen LogP contribution in [0, 0.1) is 11.3 Å². The van der Waals surface area contributed by atoms with Crippen LogP contribution >= 0.6 is 0 Å². The lowest BCUT2D eigenvalue weighted by molar-refractivity contribution is -0.132. The molecule has 0 saturated carbocycles. The van der Waals surface area contributed by atoms with E-state index in [4.69, 9.17) is 19.8 Å². The number of hydrogen-bond acceptors (Lipinski definition) is 4. The van der Waals surface area contributed by atoms with Gasteiger partial charge in [-0.3, -0.25) is 0 Å². The minimum Gasteiger partial charge on any atom is -0.478 e. The fourth-order valence-corrected chi connectivity index (χ4v) is 1.08. The number of nitriles is 1. The van der Waals surface area contributed by atoms with Crippen LogP contribution in [-0.4, -0.2) is 38.0 Å². The van der Waals surface area contributed by atoms with Gasteiger partial charge in [0.1, 0.15) is 0 Å². The summed E-state index contributed by atoms with van der Waals surface area (Å²) in [5, 5.41) is 17.1. The van der Waals surface area contributed by atoms with Crippen molar-refractivity contribution >= 4 is 5.97 Å². The molecule has 0 heterocycles. The number of carboxylic acid groups (broad SMARTS) is 1. The Morgan fingerprint density at radius 2 is 2.12 bits per heavy atom. The maximum absolute atomic E-state index is 10.6. The van der Waals surface area contributed by atoms with E-state index >= 15 is 0 Å². The van der Waals surface area contributed by atoms with E-state index in [-0.39, 0.29) is 5.57 Å². The first-order chi connectivity index (χ1) is 7.72. The number of carbonyl (C=O) groups is 1. The van der Waals surface area contributed by atoms with Gasteiger partial charge in [0, 0.05) is 25.4 Å². The Morgan fingerprint density at radius 3 is 2.69 bits per heavy atom. The summed E-state index contributed by atoms with van der Waals surface area (Å²) in [6, 6.07) is 1.73. The number of ether oxygens (including phenoxy) is 2. The molecule has 0 bridgehead atoms. The van der Waals surface area contributed by atoms with Crippen LogP contribution in [0.25, 0.3) is 0 Å². The molecule has 0 aliphatic heterocycles. The summed E-state index contributed by atoms with van der Waals surface area (Å²) in [6.07, 6.45) is 2.96. The number of nitrogens with zero attached hydrogens (tertiary/aromatic N) is 1. The number of allylic oxidation sites excluding steroid dienone is 1. The van der Waals surface area contributed by atoms with E-state index in [0.717, 1.165) is 12.5 Å². The van der Waals surface area contributed by atoms with Gasteiger partial charge < -0.3 is 14.6 Å². The van der Waals surface area contributed by atoms with Gasteiger partial charge in [0.25, 0.3) is 0 Å². The van der Waals surface area contributed by atoms with Crippen LogP contribution in [0.3, 0.4) is 0 Å². The number of rotatable bonds is 9. The van der Waals surface area contributed by atoms with Crippen molar-refractivity contribution in [2.75, 3.05) is 26.9 Å². The largest absolute Gasteiger partial charge is 0.478 e. The number of aliphatic carboxylic acids is 1. The van der Waals surface area contributed by atoms with E-state index in [9.17, 15) is 4.79 Å². The minimum atomic E-state index is -1.03. The van der Waals surface area contributed by atoms with Crippen molar-refractivity contribution in [2.24, 2.45) is 0 Å². The summed E-state index contributed by atoms with van der Waals surface area (Å²) >= 11 is 0. The summed E-state index contributed by atoms with van der Waals surface area (Å²) in [6.45, 7) is 1.70. The third kappa shape index (κ3) is 7.97. The Hall–Kier alpha value is -1.38. The van der Waals surface area contributed by atoms with Crippen LogP contribution in [0.4, 0.5) is 0 Å². The molecule has 0 unspecified atom stereocenters. The average molecular weight is 227 g/mol. The smallest absolute Gasteiger partial charge is 0.332 e. The van der Waals surface area contributed by atoms with Gasteiger partial charge in [-0.15, -0.1) is 0 Å². The minimum absolute atomic E-state index is 0.152. The molecule has 0 saturated heterocycles. The van der Waals surface area contributed by atoms with E-state index in [0.29, 0.717) is 32.7 Å². The van der Waals surface area contributed by atoms with E-state index in [1.165, 1.54) is 0 Å². The van der Waals surface area contributed by atoms with Crippen molar-refractivity contribution in [3.63, 3.8) is 0 Å². The molecule has 0 aromatic carbocycles. The van der Waals surface area contributed by atoms with E-state index < -0.39 is 5.97 Å². The zero-order chi connectivity index (χ0) is 12.2. The molecule has 16 heavy (non-hydrogen) atoms. The molecule has 0 aromatic heterocycles. The van der Waals surface area contributed by atoms with Crippen LogP contribution in [0.1, 0.15) is 19.3 Å². The quantitative estimate of drug-likeness (QED) is 0.365. The molecule has 0 aliphatic carbocycles. The lowest BCUT2D eigenvalue weighted by Crippen LogP contribution is -2.04. The summed E-state index contributed by atoms with van der Waals surface area (Å²) in [5.74, 6) is -1.03. The van der Waals surface area contributed by atoms with Gasteiger partial charge in [0.2, 0.25) is 0 Å². The maximum atomic E-state index is 10.6. The first-order valence-corrected chi connectivity index (χ1v) is 5.11. The number of unbranched alkanes of at least 4 members (excludes halogenated alkanes) is 1. The maximum Gasteiger partial charge on any atom is 0.332 e. The molecule has 0 fully saturated rings. The third-order valence-electron chi connectivity index (χ3n) is 1.93. The van der Waals surface area contributed by atoms with E-state index in [2.05, 4.69) is 0 Å². The molecule has 5 nitrogen and oxygen atoms in total. The van der Waals surface area contributed by atoms with Crippen LogP contribution in [0.2, 0.25) is 0 Å². The topological polar surface area (TPSA) is 79.5 Å². The van der Waals surface area contributed by atoms with Crippen molar-refractivity contribution in [3.8, 4) is 6.07 Å². The molecule has 0 aromatic rings. The molecule has 5 heteroatoms. The predicted octanol–water partition coefficient (Wildman–Crippen LogP) is 1.35. The number of carboxylic acids is 1. The Morgan fingerprint density at radius 1 is 1.38 bits per heavy atom. The highest BCUT2D eigenvalue weighted by atomic mass is 16.5. The predicted molar refractivity (Wildman–Crippen MR) is 57.9 cm³/mol. The fourth-order valence-electron chi connectivity index (χ4n) is 1.08. The highest BCUT2D eigenvalue weighted by molar-refractivity contribution is 5.87. The van der Waals surface area contributed by atoms with E-state index in [1.807, 2.05) is 0 Å². The molecular formula is C11H17NO4. The van der Waals surface area contributed by atoms with Crippen molar-refractivity contribution < 1.29 is 19.4 Å². The Balaban J connectivity index is 3.53. The third-order valence-corrected chi connectivity index (χ3v) is 1.93. The molecule has 0 aliphatic rings. The van der Waals surface area contributed by atoms with Crippen molar-refractivity contribution in [3.05, 3.63) is 11.6 Å². The summed E-state index contributed by atoms with van der Waals surface area (Å²) < 4.78 is 10.0. The van der Waals surface area contributed by atoms with Crippen LogP contribution in [-0.2, 0) is 14.3 Å². The van der Waals surface area contributed by atoms with Crippen LogP contribution < -0.4 is 0 Å². The molecule has 0 spiro atoms. The first-order valence-electron chi connectivity index (χ1n) is 5.11. The standard InChI is InChI=1S/C11H17NO4/c1-15-8-9-16-7-3-2-4-10(5-6-12)11(13)14/h5H,2-4,7-9H2,1H3,(H,13,14). The van der Waals surface area contributed by atoms with Crippen molar-refractivity contribution in [2.45, 2.75) is 19.3 Å². The van der Waals surface area contributed by atoms with Gasteiger partial charge in [-0.25, -0.2) is 4.79 Å². The SMILES string of the molecule is COCCOCCCCC(=CC#N)C(=O)O. The Kier molecular flexibility index (Phi) is 9.27. The molecule has 0 rings (SSSR count). The van der Waals surface area contributed by atoms with Gasteiger partial charge >= 0.3 is 5.97 Å². The molecule has 90 valence electrons. The van der Waals surface area contributed by atoms with Crippen molar-refractivity contribution in [1.82, 2.24) is 0 Å². The second-order valence-corrected chi connectivity index (χ2v) is 3.17. The second kappa shape index (κ2) is 10.1. The highest BCUT2D eigenvalue weighted by Gasteiger charge is 2.05. The summed E-state index contributed by atoms with van der Waals surface area (Å²) in [4.78, 5) is 10.6. The highest BCUT2D eigenvalue weighted by Crippen LogP contribution is 2.07. The van der Waals surface area contributed by atoms with Gasteiger partial charge in [-0.2, -0.15) is 5.26 Å². The van der Waals surface area contributed by atoms with Gasteiger partial charge in [-0.05, 0) is 19.3 Å². The summed E-state index contributed by atoms with van der Waals surface area (Å²) in [5.41, 5.74) is 0.152. The normalized spacial score (nSPS) is 11.1. The average Bonchev–Trinajstić information content (AvgIpc) is 2.26. The summed E-state index contributed by atoms with van der Waals surface area (Å²) in [7, 11) is 1.61. The van der Waals surface area contributed by atoms with Gasteiger partial charge in [0.05, 0.1) is 19.3 Å². The zero-order valence-electron chi connectivity index (χ0n) is 9.44. The monoisotopic (exact) mass is 227 g/mol. The van der Waals surface area contributed by atoms with Crippen LogP contribution in [0.5, 0.6) is 0 Å². The fraction of sp³-hybridized carbons (Fsp3) is 0.636. The molecule has 0 amide bonds. The van der Waals surface area contributed by atoms with Crippen LogP contribution in [0.15, 0.2) is 11.6 Å². The first kappa shape index (κ1) is 14.6. The molecule has 0 radical (unpaired) electrons. The van der Waals surface area contributed by atoms with E-state index in [1.54, 1.807) is 13.2 Å². The lowest BCUT2D eigenvalue weighted by Gasteiger charge is -2.03. The molecular weight excluding hydrogens is 210 g/mol. The zero-order valence-corrected chi connectivity index (χ0v) is 9.44. The number of hydrogen-bond donors (Lipinski definition) is 1. The molecule has 0 atom stereocenters. The van der Waals surface area contributed by atoms with Gasteiger partial charge in [0.15, 0.2) is 0 Å². The van der Waals surface area contributed by atoms with Crippen molar-refractivity contribution in [1.29, 1.82) is 5.26 Å². The number of methoxy groups -OCH3 is 1. The Labute approximate surface area is 95.3 Å². The second-order valence-electron chi connectivity index (χ2n) is 3.17. The van der Waals surface area contributed by atoms with Gasteiger partial charge in [-0.1, -0.05) is 0 Å². The molecule has 1 N–H and O–H groups in total. The Bertz CT molecular complexity index is 268. The lowest BCUT2D eigenvalue weighted by atomic mass is 10.1.